The summed E-state index contributed by atoms with van der Waals surface area (Å²) >= 11 is 19.0. The number of carbonyl (C=O) groups excluding carboxylic acids is 3. The Kier molecular flexibility index (Phi) is 4.29. The maximum absolute atomic E-state index is 13.9. The molecule has 0 unspecified atom stereocenters. The third-order valence-corrected chi connectivity index (χ3v) is 8.20. The Hall–Kier alpha value is -2.12. The van der Waals surface area contributed by atoms with Crippen LogP contribution < -0.4 is 10.2 Å². The number of anilines is 2. The molecule has 4 atom stereocenters. The van der Waals surface area contributed by atoms with Gasteiger partial charge in [-0.2, -0.15) is 0 Å². The summed E-state index contributed by atoms with van der Waals surface area (Å²) in [6, 6.07) is 8.16. The summed E-state index contributed by atoms with van der Waals surface area (Å²) < 4.78 is 0. The van der Waals surface area contributed by atoms with Crippen molar-refractivity contribution in [2.24, 2.45) is 11.8 Å². The molecule has 0 aliphatic carbocycles. The Balaban J connectivity index is 1.59. The minimum absolute atomic E-state index is 0.213. The van der Waals surface area contributed by atoms with Gasteiger partial charge < -0.3 is 5.32 Å². The molecule has 6 rings (SSSR count). The number of amides is 3. The van der Waals surface area contributed by atoms with Crippen molar-refractivity contribution >= 4 is 63.9 Å². The lowest BCUT2D eigenvalue weighted by molar-refractivity contribution is -0.135. The summed E-state index contributed by atoms with van der Waals surface area (Å²) in [5.41, 5.74) is 1.06. The van der Waals surface area contributed by atoms with Crippen molar-refractivity contribution in [2.75, 3.05) is 16.8 Å². The maximum atomic E-state index is 13.9. The smallest absolute Gasteiger partial charge is 0.250 e. The fourth-order valence-electron chi connectivity index (χ4n) is 6.29. The number of aryl methyl sites for hydroxylation is 1. The molecule has 164 valence electrons. The van der Waals surface area contributed by atoms with Crippen LogP contribution in [0.2, 0.25) is 15.1 Å². The highest BCUT2D eigenvalue weighted by Gasteiger charge is 2.74. The zero-order valence-corrected chi connectivity index (χ0v) is 19.3. The lowest BCUT2D eigenvalue weighted by atomic mass is 9.75. The first-order valence-corrected chi connectivity index (χ1v) is 11.6. The van der Waals surface area contributed by atoms with Gasteiger partial charge in [-0.3, -0.25) is 19.3 Å². The topological polar surface area (TPSA) is 69.7 Å². The number of nitrogens with one attached hydrogen (secondary N) is 1. The van der Waals surface area contributed by atoms with Crippen molar-refractivity contribution in [1.29, 1.82) is 0 Å². The minimum Gasteiger partial charge on any atom is -0.323 e. The Morgan fingerprint density at radius 1 is 1.03 bits per heavy atom. The van der Waals surface area contributed by atoms with E-state index in [9.17, 15) is 14.4 Å². The van der Waals surface area contributed by atoms with Gasteiger partial charge in [-0.15, -0.1) is 0 Å². The van der Waals surface area contributed by atoms with Crippen molar-refractivity contribution in [3.8, 4) is 0 Å². The van der Waals surface area contributed by atoms with Gasteiger partial charge in [0.15, 0.2) is 0 Å². The van der Waals surface area contributed by atoms with Gasteiger partial charge in [-0.05, 0) is 56.1 Å². The van der Waals surface area contributed by atoms with Crippen LogP contribution in [0.1, 0.15) is 24.0 Å². The molecule has 0 saturated carbocycles. The van der Waals surface area contributed by atoms with E-state index in [-0.39, 0.29) is 28.6 Å². The molecule has 1 N–H and O–H groups in total. The molecule has 4 heterocycles. The fraction of sp³-hybridized carbons (Fsp3) is 0.348. The Morgan fingerprint density at radius 3 is 2.59 bits per heavy atom. The van der Waals surface area contributed by atoms with E-state index in [2.05, 4.69) is 10.2 Å². The van der Waals surface area contributed by atoms with Crippen LogP contribution in [-0.2, 0) is 19.9 Å². The van der Waals surface area contributed by atoms with Crippen LogP contribution in [0.4, 0.5) is 11.4 Å². The summed E-state index contributed by atoms with van der Waals surface area (Å²) in [4.78, 5) is 44.5. The molecular weight excluding hydrogens is 473 g/mol. The molecule has 6 nitrogen and oxygen atoms in total. The number of nitrogens with zero attached hydrogens (tertiary/aromatic N) is 2. The molecule has 32 heavy (non-hydrogen) atoms. The molecule has 4 aliphatic rings. The number of benzene rings is 2. The number of rotatable bonds is 1. The SMILES string of the molecule is Cc1cc(Cl)c2c(c1)[C@]1(C(=O)N2)[C@@H]2C(=O)N(c3cc(Cl)ccc3Cl)C(=O)[C@@H]2[C@@H]2CCCN21. The van der Waals surface area contributed by atoms with Crippen molar-refractivity contribution < 1.29 is 14.4 Å². The summed E-state index contributed by atoms with van der Waals surface area (Å²) in [7, 11) is 0. The molecule has 3 saturated heterocycles. The number of fused-ring (bicyclic) bond motifs is 7. The van der Waals surface area contributed by atoms with E-state index in [0.717, 1.165) is 23.3 Å². The van der Waals surface area contributed by atoms with Crippen LogP contribution in [0, 0.1) is 18.8 Å². The second kappa shape index (κ2) is 6.70. The minimum atomic E-state index is -1.27. The zero-order chi connectivity index (χ0) is 22.5. The third kappa shape index (κ3) is 2.34. The van der Waals surface area contributed by atoms with Gasteiger partial charge in [0.25, 0.3) is 5.91 Å². The van der Waals surface area contributed by atoms with Gasteiger partial charge in [-0.1, -0.05) is 40.9 Å². The van der Waals surface area contributed by atoms with E-state index in [1.165, 1.54) is 6.07 Å². The van der Waals surface area contributed by atoms with Crippen LogP contribution >= 0.6 is 34.8 Å². The second-order valence-corrected chi connectivity index (χ2v) is 10.2. The molecule has 0 radical (unpaired) electrons. The average Bonchev–Trinajstić information content (AvgIpc) is 3.43. The normalized spacial score (nSPS) is 30.8. The van der Waals surface area contributed by atoms with E-state index >= 15 is 0 Å². The number of halogens is 3. The van der Waals surface area contributed by atoms with Crippen LogP contribution in [0.3, 0.4) is 0 Å². The van der Waals surface area contributed by atoms with E-state index in [1.807, 2.05) is 13.0 Å². The van der Waals surface area contributed by atoms with Crippen molar-refractivity contribution in [2.45, 2.75) is 31.3 Å². The fourth-order valence-corrected chi connectivity index (χ4v) is 6.98. The van der Waals surface area contributed by atoms with E-state index < -0.39 is 23.3 Å². The van der Waals surface area contributed by atoms with Crippen LogP contribution in [0.25, 0.3) is 0 Å². The molecule has 2 aromatic carbocycles. The molecule has 4 aliphatic heterocycles. The molecule has 3 amide bonds. The molecule has 3 fully saturated rings. The van der Waals surface area contributed by atoms with E-state index in [4.69, 9.17) is 34.8 Å². The van der Waals surface area contributed by atoms with Crippen molar-refractivity contribution in [1.82, 2.24) is 4.90 Å². The second-order valence-electron chi connectivity index (χ2n) is 8.90. The number of imide groups is 1. The molecule has 9 heteroatoms. The lowest BCUT2D eigenvalue weighted by Crippen LogP contribution is -2.54. The standard InChI is InChI=1S/C23H18Cl3N3O3/c1-10-7-12-19(14(26)8-10)27-22(32)23(12)18-17(15-3-2-6-28(15)23)20(30)29(21(18)31)16-9-11(24)4-5-13(16)25/h4-5,7-9,15,17-18H,2-3,6H2,1H3,(H,27,32)/t15-,17+,18-,23+/m0/s1. The summed E-state index contributed by atoms with van der Waals surface area (Å²) in [5, 5.41) is 3.97. The summed E-state index contributed by atoms with van der Waals surface area (Å²) in [5.74, 6) is -2.58. The summed E-state index contributed by atoms with van der Waals surface area (Å²) in [6.07, 6.45) is 1.58. The summed E-state index contributed by atoms with van der Waals surface area (Å²) in [6.45, 7) is 2.53. The first-order chi connectivity index (χ1) is 15.3. The third-order valence-electron chi connectivity index (χ3n) is 7.35. The van der Waals surface area contributed by atoms with Crippen LogP contribution in [0.5, 0.6) is 0 Å². The molecule has 2 aromatic rings. The molecule has 0 aromatic heterocycles. The lowest BCUT2D eigenvalue weighted by Gasteiger charge is -2.36. The van der Waals surface area contributed by atoms with Gasteiger partial charge >= 0.3 is 0 Å². The first kappa shape index (κ1) is 20.5. The van der Waals surface area contributed by atoms with Crippen LogP contribution in [0.15, 0.2) is 30.3 Å². The van der Waals surface area contributed by atoms with Crippen LogP contribution in [-0.4, -0.2) is 35.2 Å². The first-order valence-electron chi connectivity index (χ1n) is 10.5. The Bertz CT molecular complexity index is 1250. The largest absolute Gasteiger partial charge is 0.323 e. The maximum Gasteiger partial charge on any atom is 0.250 e. The predicted octanol–water partition coefficient (Wildman–Crippen LogP) is 4.39. The van der Waals surface area contributed by atoms with Crippen molar-refractivity contribution in [3.05, 3.63) is 56.5 Å². The highest BCUT2D eigenvalue weighted by molar-refractivity contribution is 6.38. The molecular formula is C23H18Cl3N3O3. The van der Waals surface area contributed by atoms with Gasteiger partial charge in [0.1, 0.15) is 5.54 Å². The quantitative estimate of drug-likeness (QED) is 0.602. The monoisotopic (exact) mass is 489 g/mol. The molecule has 1 spiro atoms. The Morgan fingerprint density at radius 2 is 1.81 bits per heavy atom. The van der Waals surface area contributed by atoms with E-state index in [1.54, 1.807) is 18.2 Å². The molecule has 0 bridgehead atoms. The average molecular weight is 491 g/mol. The van der Waals surface area contributed by atoms with Crippen molar-refractivity contribution in [3.63, 3.8) is 0 Å². The zero-order valence-electron chi connectivity index (χ0n) is 17.0. The predicted molar refractivity (Wildman–Crippen MR) is 122 cm³/mol. The van der Waals surface area contributed by atoms with Gasteiger partial charge in [0, 0.05) is 16.6 Å². The highest BCUT2D eigenvalue weighted by Crippen LogP contribution is 2.61. The number of carbonyl (C=O) groups is 3. The van der Waals surface area contributed by atoms with Gasteiger partial charge in [0.05, 0.1) is 33.3 Å². The highest BCUT2D eigenvalue weighted by atomic mass is 35.5. The number of hydrogen-bond donors (Lipinski definition) is 1. The van der Waals surface area contributed by atoms with Gasteiger partial charge in [0.2, 0.25) is 11.8 Å². The number of hydrogen-bond acceptors (Lipinski definition) is 4. The Labute approximate surface area is 199 Å². The van der Waals surface area contributed by atoms with Gasteiger partial charge in [-0.25, -0.2) is 4.90 Å². The van der Waals surface area contributed by atoms with E-state index in [0.29, 0.717) is 27.8 Å².